The number of benzene rings is 1. The molecule has 1 aromatic rings. The van der Waals surface area contributed by atoms with Gasteiger partial charge in [0.05, 0.1) is 0 Å². The van der Waals surface area contributed by atoms with Gasteiger partial charge in [-0.2, -0.15) is 0 Å². The molecule has 1 atom stereocenters. The molecule has 1 saturated carbocycles. The number of hydrogen-bond acceptors (Lipinski definition) is 2. The highest BCUT2D eigenvalue weighted by Gasteiger charge is 2.17. The van der Waals surface area contributed by atoms with Gasteiger partial charge in [0.25, 0.3) is 0 Å². The molecule has 0 aromatic heterocycles. The minimum atomic E-state index is 0.170. The van der Waals surface area contributed by atoms with Gasteiger partial charge in [-0.15, -0.1) is 0 Å². The average Bonchev–Trinajstić information content (AvgIpc) is 2.74. The van der Waals surface area contributed by atoms with Gasteiger partial charge in [-0.3, -0.25) is 0 Å². The zero-order chi connectivity index (χ0) is 14.4. The lowest BCUT2D eigenvalue weighted by Crippen LogP contribution is -2.33. The van der Waals surface area contributed by atoms with Crippen LogP contribution in [0.1, 0.15) is 62.1 Å². The van der Waals surface area contributed by atoms with Crippen molar-refractivity contribution >= 4 is 0 Å². The Morgan fingerprint density at radius 3 is 2.30 bits per heavy atom. The summed E-state index contributed by atoms with van der Waals surface area (Å²) in [4.78, 5) is 2.54. The van der Waals surface area contributed by atoms with E-state index in [0.717, 1.165) is 19.0 Å². The number of nitrogens with zero attached hydrogens (tertiary/aromatic N) is 1. The highest BCUT2D eigenvalue weighted by molar-refractivity contribution is 5.23. The molecule has 0 aliphatic heterocycles. The maximum absolute atomic E-state index is 6.33. The summed E-state index contributed by atoms with van der Waals surface area (Å²) in [5.74, 6) is 0. The van der Waals surface area contributed by atoms with Crippen LogP contribution in [0.5, 0.6) is 0 Å². The second kappa shape index (κ2) is 7.80. The predicted molar refractivity (Wildman–Crippen MR) is 86.8 cm³/mol. The van der Waals surface area contributed by atoms with Crippen LogP contribution in [-0.4, -0.2) is 24.5 Å². The lowest BCUT2D eigenvalue weighted by Gasteiger charge is -2.28. The van der Waals surface area contributed by atoms with E-state index >= 15 is 0 Å². The first-order chi connectivity index (χ1) is 9.66. The maximum Gasteiger partial charge on any atom is 0.0307 e. The molecular formula is C18H30N2. The summed E-state index contributed by atoms with van der Waals surface area (Å²) < 4.78 is 0. The summed E-state index contributed by atoms with van der Waals surface area (Å²) in [5.41, 5.74) is 8.90. The van der Waals surface area contributed by atoms with Crippen LogP contribution >= 0.6 is 0 Å². The molecule has 0 radical (unpaired) electrons. The van der Waals surface area contributed by atoms with E-state index in [1.165, 1.54) is 49.7 Å². The first-order valence-corrected chi connectivity index (χ1v) is 8.19. The van der Waals surface area contributed by atoms with Gasteiger partial charge in [-0.1, -0.05) is 55.5 Å². The van der Waals surface area contributed by atoms with E-state index in [-0.39, 0.29) is 6.04 Å². The van der Waals surface area contributed by atoms with E-state index in [2.05, 4.69) is 43.1 Å². The fourth-order valence-electron chi connectivity index (χ4n) is 3.20. The molecule has 2 rings (SSSR count). The van der Waals surface area contributed by atoms with E-state index in [9.17, 15) is 0 Å². The van der Waals surface area contributed by atoms with Crippen LogP contribution in [0, 0.1) is 6.92 Å². The van der Waals surface area contributed by atoms with E-state index in [1.54, 1.807) is 0 Å². The van der Waals surface area contributed by atoms with Crippen LogP contribution in [0.4, 0.5) is 0 Å². The third-order valence-electron chi connectivity index (χ3n) is 4.75. The molecule has 1 fully saturated rings. The molecule has 20 heavy (non-hydrogen) atoms. The third kappa shape index (κ3) is 4.60. The van der Waals surface area contributed by atoms with Gasteiger partial charge >= 0.3 is 0 Å². The molecule has 1 aromatic carbocycles. The zero-order valence-corrected chi connectivity index (χ0v) is 13.1. The Balaban J connectivity index is 1.79. The smallest absolute Gasteiger partial charge is 0.0307 e. The molecule has 1 aliphatic carbocycles. The normalized spacial score (nSPS) is 19.0. The maximum atomic E-state index is 6.33. The van der Waals surface area contributed by atoms with Gasteiger partial charge in [0.2, 0.25) is 0 Å². The topological polar surface area (TPSA) is 29.3 Å². The molecule has 0 spiro atoms. The standard InChI is InChI=1S/C18H30N2/c1-15-9-11-16(12-10-15)18(19)13-14-20(2)17-7-5-3-4-6-8-17/h9-12,17-18H,3-8,13-14,19H2,1-2H3. The SMILES string of the molecule is Cc1ccc(C(N)CCN(C)C2CCCCCC2)cc1. The van der Waals surface area contributed by atoms with Crippen LogP contribution in [0.15, 0.2) is 24.3 Å². The molecule has 1 unspecified atom stereocenters. The predicted octanol–water partition coefficient (Wildman–Crippen LogP) is 4.04. The fourth-order valence-corrected chi connectivity index (χ4v) is 3.20. The van der Waals surface area contributed by atoms with Gasteiger partial charge in [-0.05, 0) is 45.3 Å². The average molecular weight is 274 g/mol. The van der Waals surface area contributed by atoms with Crippen LogP contribution in [0.2, 0.25) is 0 Å². The van der Waals surface area contributed by atoms with Crippen molar-refractivity contribution in [3.05, 3.63) is 35.4 Å². The third-order valence-corrected chi connectivity index (χ3v) is 4.75. The van der Waals surface area contributed by atoms with Crippen LogP contribution in [0.25, 0.3) is 0 Å². The zero-order valence-electron chi connectivity index (χ0n) is 13.1. The van der Waals surface area contributed by atoms with Crippen molar-refractivity contribution in [3.8, 4) is 0 Å². The second-order valence-electron chi connectivity index (χ2n) is 6.43. The quantitative estimate of drug-likeness (QED) is 0.821. The van der Waals surface area contributed by atoms with Crippen molar-refractivity contribution in [1.82, 2.24) is 4.90 Å². The van der Waals surface area contributed by atoms with Crippen molar-refractivity contribution in [1.29, 1.82) is 0 Å². The van der Waals surface area contributed by atoms with Crippen molar-refractivity contribution < 1.29 is 0 Å². The Morgan fingerprint density at radius 2 is 1.70 bits per heavy atom. The first-order valence-electron chi connectivity index (χ1n) is 8.19. The molecule has 0 saturated heterocycles. The lowest BCUT2D eigenvalue weighted by atomic mass is 10.0. The summed E-state index contributed by atoms with van der Waals surface area (Å²) in [7, 11) is 2.28. The van der Waals surface area contributed by atoms with Crippen LogP contribution in [0.3, 0.4) is 0 Å². The van der Waals surface area contributed by atoms with Crippen molar-refractivity contribution in [3.63, 3.8) is 0 Å². The number of aryl methyl sites for hydroxylation is 1. The van der Waals surface area contributed by atoms with Crippen molar-refractivity contribution in [2.24, 2.45) is 5.73 Å². The Hall–Kier alpha value is -0.860. The van der Waals surface area contributed by atoms with Gasteiger partial charge in [0.15, 0.2) is 0 Å². The van der Waals surface area contributed by atoms with Crippen LogP contribution in [-0.2, 0) is 0 Å². The number of rotatable bonds is 5. The lowest BCUT2D eigenvalue weighted by molar-refractivity contribution is 0.214. The molecule has 2 heteroatoms. The van der Waals surface area contributed by atoms with Crippen molar-refractivity contribution in [2.45, 2.75) is 64.0 Å². The molecule has 1 aliphatic rings. The largest absolute Gasteiger partial charge is 0.324 e. The van der Waals surface area contributed by atoms with Gasteiger partial charge < -0.3 is 10.6 Å². The molecule has 0 amide bonds. The minimum Gasteiger partial charge on any atom is -0.324 e. The summed E-state index contributed by atoms with van der Waals surface area (Å²) in [6, 6.07) is 9.61. The molecule has 0 heterocycles. The molecule has 112 valence electrons. The Morgan fingerprint density at radius 1 is 1.10 bits per heavy atom. The highest BCUT2D eigenvalue weighted by Crippen LogP contribution is 2.22. The van der Waals surface area contributed by atoms with Gasteiger partial charge in [0, 0.05) is 12.1 Å². The van der Waals surface area contributed by atoms with Gasteiger partial charge in [0.1, 0.15) is 0 Å². The number of nitrogens with two attached hydrogens (primary N) is 1. The minimum absolute atomic E-state index is 0.170. The molecular weight excluding hydrogens is 244 g/mol. The Bertz CT molecular complexity index is 377. The first kappa shape index (κ1) is 15.5. The van der Waals surface area contributed by atoms with Gasteiger partial charge in [-0.25, -0.2) is 0 Å². The summed E-state index contributed by atoms with van der Waals surface area (Å²) in [6.07, 6.45) is 9.45. The summed E-state index contributed by atoms with van der Waals surface area (Å²) in [6.45, 7) is 3.23. The van der Waals surface area contributed by atoms with Crippen LogP contribution < -0.4 is 5.73 Å². The Labute approximate surface area is 124 Å². The number of hydrogen-bond donors (Lipinski definition) is 1. The molecule has 2 nitrogen and oxygen atoms in total. The van der Waals surface area contributed by atoms with E-state index in [1.807, 2.05) is 0 Å². The van der Waals surface area contributed by atoms with E-state index in [4.69, 9.17) is 5.73 Å². The second-order valence-corrected chi connectivity index (χ2v) is 6.43. The van der Waals surface area contributed by atoms with Crippen molar-refractivity contribution in [2.75, 3.05) is 13.6 Å². The summed E-state index contributed by atoms with van der Waals surface area (Å²) in [5, 5.41) is 0. The van der Waals surface area contributed by atoms with E-state index in [0.29, 0.717) is 0 Å². The van der Waals surface area contributed by atoms with E-state index < -0.39 is 0 Å². The summed E-state index contributed by atoms with van der Waals surface area (Å²) >= 11 is 0. The monoisotopic (exact) mass is 274 g/mol. The Kier molecular flexibility index (Phi) is 6.06. The highest BCUT2D eigenvalue weighted by atomic mass is 15.1. The molecule has 0 bridgehead atoms. The molecule has 2 N–H and O–H groups in total. The fraction of sp³-hybridized carbons (Fsp3) is 0.667.